The van der Waals surface area contributed by atoms with Crippen molar-refractivity contribution < 1.29 is 30.3 Å². The number of phenolic OH excluding ortho intramolecular Hbond substituents is 5. The Balaban J connectivity index is 1.53. The molecule has 262 valence electrons. The summed E-state index contributed by atoms with van der Waals surface area (Å²) in [4.78, 5) is 0. The van der Waals surface area contributed by atoms with Crippen molar-refractivity contribution in [2.24, 2.45) is 0 Å². The van der Waals surface area contributed by atoms with E-state index in [0.717, 1.165) is 60.7 Å². The Kier molecular flexibility index (Phi) is 9.86. The van der Waals surface area contributed by atoms with Crippen LogP contribution in [0.25, 0.3) is 44.8 Å². The third-order valence-corrected chi connectivity index (χ3v) is 9.39. The lowest BCUT2D eigenvalue weighted by atomic mass is 9.89. The number of fused-ring (bicyclic) bond motifs is 3. The Morgan fingerprint density at radius 3 is 1.98 bits per heavy atom. The summed E-state index contributed by atoms with van der Waals surface area (Å²) in [6.07, 6.45) is 12.0. The second-order valence-corrected chi connectivity index (χ2v) is 12.8. The van der Waals surface area contributed by atoms with Gasteiger partial charge in [0.2, 0.25) is 17.2 Å². The summed E-state index contributed by atoms with van der Waals surface area (Å²) >= 11 is 0. The number of rotatable bonds is 5. The molecule has 0 aliphatic carbocycles. The van der Waals surface area contributed by atoms with E-state index >= 15 is 0 Å². The molecule has 0 unspecified atom stereocenters. The molecule has 0 amide bonds. The smallest absolute Gasteiger partial charge is 0.208 e. The number of benzene rings is 5. The summed E-state index contributed by atoms with van der Waals surface area (Å²) in [5.41, 5.74) is 5.95. The lowest BCUT2D eigenvalue weighted by Crippen LogP contribution is -1.99. The zero-order chi connectivity index (χ0) is 36.9. The highest BCUT2D eigenvalue weighted by Crippen LogP contribution is 2.52. The average molecular weight is 699 g/mol. The molecule has 53 heavy (non-hydrogen) atoms. The Labute approximate surface area is 307 Å². The van der Waals surface area contributed by atoms with Gasteiger partial charge in [0, 0.05) is 6.42 Å². The van der Waals surface area contributed by atoms with Crippen LogP contribution in [-0.4, -0.2) is 32.1 Å². The maximum Gasteiger partial charge on any atom is 0.208 e. The first kappa shape index (κ1) is 34.5. The minimum absolute atomic E-state index is 0.257. The lowest BCUT2D eigenvalue weighted by Gasteiger charge is -2.16. The number of aromatic hydroxyl groups is 5. The van der Waals surface area contributed by atoms with Crippen LogP contribution in [0.1, 0.15) is 33.4 Å². The lowest BCUT2D eigenvalue weighted by molar-refractivity contribution is 0.327. The summed E-state index contributed by atoms with van der Waals surface area (Å²) < 4.78 is 6.25. The van der Waals surface area contributed by atoms with Gasteiger partial charge in [-0.15, -0.1) is 0 Å². The van der Waals surface area contributed by atoms with Crippen LogP contribution < -0.4 is 4.74 Å². The maximum atomic E-state index is 11.0. The molecule has 6 heteroatoms. The molecule has 1 aliphatic heterocycles. The van der Waals surface area contributed by atoms with Crippen LogP contribution in [0, 0.1) is 6.92 Å². The Bertz CT molecular complexity index is 2510. The summed E-state index contributed by atoms with van der Waals surface area (Å²) in [6.45, 7) is 2.42. The minimum atomic E-state index is -1.01. The van der Waals surface area contributed by atoms with Gasteiger partial charge < -0.3 is 30.3 Å². The fraction of sp³-hybridized carbons (Fsp3) is 0.0638. The van der Waals surface area contributed by atoms with Gasteiger partial charge in [0.1, 0.15) is 12.4 Å². The maximum absolute atomic E-state index is 11.0. The summed E-state index contributed by atoms with van der Waals surface area (Å²) in [7, 11) is 0. The van der Waals surface area contributed by atoms with E-state index < -0.39 is 28.7 Å². The Morgan fingerprint density at radius 2 is 1.25 bits per heavy atom. The molecule has 1 aliphatic rings. The van der Waals surface area contributed by atoms with Crippen LogP contribution >= 0.6 is 0 Å². The van der Waals surface area contributed by atoms with Crippen molar-refractivity contribution in [2.75, 3.05) is 6.61 Å². The average Bonchev–Trinajstić information content (AvgIpc) is 3.28. The second kappa shape index (κ2) is 15.1. The van der Waals surface area contributed by atoms with E-state index in [4.69, 9.17) is 4.74 Å². The molecule has 0 spiro atoms. The molecule has 5 N–H and O–H groups in total. The SMILES string of the molecule is Cc1cccccc(/C2=C/C=C\COc3cc4ccccc4cc3C2)c2ccccc2c1C(/C=C\c1ccccc1)=C\c1c(O)c(O)c(O)c(O)c1O. The molecule has 0 bridgehead atoms. The molecule has 0 atom stereocenters. The predicted octanol–water partition coefficient (Wildman–Crippen LogP) is 10.8. The van der Waals surface area contributed by atoms with Crippen molar-refractivity contribution >= 4 is 44.8 Å². The third kappa shape index (κ3) is 7.16. The van der Waals surface area contributed by atoms with Gasteiger partial charge in [-0.1, -0.05) is 133 Å². The number of ether oxygens (including phenoxy) is 1. The number of phenols is 5. The topological polar surface area (TPSA) is 110 Å². The van der Waals surface area contributed by atoms with Gasteiger partial charge in [-0.25, -0.2) is 0 Å². The van der Waals surface area contributed by atoms with Crippen LogP contribution in [-0.2, 0) is 6.42 Å². The van der Waals surface area contributed by atoms with Gasteiger partial charge in [0.25, 0.3) is 0 Å². The standard InChI is InChI=1S/C47H38O6/c1-30-14-4-2-7-20-37(34-19-12-13-25-53-41-29-33-18-9-8-17-32(33)26-36(41)27-34)38-21-10-11-22-39(38)42(30)35(24-23-31-15-5-3-6-16-31)28-40-43(48)45(50)47(52)46(51)44(40)49/h2-24,26,28-29,48-52H,25,27H2,1H3/b4-2?,7-2?,13-12-,14-4?,20-7?,24-23-,30-14?,34-19+,35-28-,37-20?,38-37?,42-30?,42-39?. The normalized spacial score (nSPS) is 14.7. The van der Waals surface area contributed by atoms with E-state index in [1.54, 1.807) is 0 Å². The van der Waals surface area contributed by atoms with Crippen LogP contribution in [0.5, 0.6) is 34.5 Å². The van der Waals surface area contributed by atoms with Crippen LogP contribution in [0.3, 0.4) is 0 Å². The fourth-order valence-electron chi connectivity index (χ4n) is 6.72. The third-order valence-electron chi connectivity index (χ3n) is 9.39. The molecule has 0 radical (unpaired) electrons. The van der Waals surface area contributed by atoms with Crippen LogP contribution in [0.2, 0.25) is 0 Å². The van der Waals surface area contributed by atoms with Gasteiger partial charge in [-0.3, -0.25) is 0 Å². The molecular formula is C47H38O6. The van der Waals surface area contributed by atoms with Crippen molar-refractivity contribution in [3.63, 3.8) is 0 Å². The number of aryl methyl sites for hydroxylation is 1. The number of hydrogen-bond acceptors (Lipinski definition) is 6. The summed E-state index contributed by atoms with van der Waals surface area (Å²) in [5.74, 6) is -3.61. The van der Waals surface area contributed by atoms with Crippen molar-refractivity contribution in [2.45, 2.75) is 13.3 Å². The quantitative estimate of drug-likeness (QED) is 0.0696. The van der Waals surface area contributed by atoms with Crippen molar-refractivity contribution in [1.82, 2.24) is 0 Å². The van der Waals surface area contributed by atoms with E-state index in [-0.39, 0.29) is 5.56 Å². The van der Waals surface area contributed by atoms with Crippen LogP contribution in [0.4, 0.5) is 0 Å². The molecule has 0 saturated carbocycles. The Morgan fingerprint density at radius 1 is 0.642 bits per heavy atom. The molecule has 7 rings (SSSR count). The fourth-order valence-corrected chi connectivity index (χ4v) is 6.72. The van der Waals surface area contributed by atoms with Crippen molar-refractivity contribution in [3.05, 3.63) is 179 Å². The van der Waals surface area contributed by atoms with E-state index in [9.17, 15) is 25.5 Å². The highest BCUT2D eigenvalue weighted by Gasteiger charge is 2.23. The summed E-state index contributed by atoms with van der Waals surface area (Å²) in [5, 5.41) is 57.1. The number of allylic oxidation sites excluding steroid dienone is 5. The van der Waals surface area contributed by atoms with E-state index in [1.165, 1.54) is 6.08 Å². The molecule has 0 aromatic heterocycles. The first-order chi connectivity index (χ1) is 25.8. The van der Waals surface area contributed by atoms with Gasteiger partial charge in [-0.2, -0.15) is 0 Å². The molecule has 0 saturated heterocycles. The highest BCUT2D eigenvalue weighted by atomic mass is 16.5. The largest absolute Gasteiger partial charge is 0.504 e. The molecular weight excluding hydrogens is 661 g/mol. The summed E-state index contributed by atoms with van der Waals surface area (Å²) in [6, 6.07) is 40.4. The second-order valence-electron chi connectivity index (χ2n) is 12.8. The zero-order valence-corrected chi connectivity index (χ0v) is 29.1. The Hall–Kier alpha value is -6.92. The van der Waals surface area contributed by atoms with Gasteiger partial charge in [-0.05, 0) is 91.7 Å². The first-order valence-corrected chi connectivity index (χ1v) is 17.3. The van der Waals surface area contributed by atoms with Gasteiger partial charge >= 0.3 is 0 Å². The molecule has 6 aromatic rings. The first-order valence-electron chi connectivity index (χ1n) is 17.3. The van der Waals surface area contributed by atoms with Gasteiger partial charge in [0.05, 0.1) is 5.56 Å². The highest BCUT2D eigenvalue weighted by molar-refractivity contribution is 6.06. The van der Waals surface area contributed by atoms with Crippen molar-refractivity contribution in [3.8, 4) is 34.5 Å². The van der Waals surface area contributed by atoms with Crippen LogP contribution in [0.15, 0.2) is 146 Å². The molecule has 0 fully saturated rings. The van der Waals surface area contributed by atoms with E-state index in [0.29, 0.717) is 18.6 Å². The zero-order valence-electron chi connectivity index (χ0n) is 29.1. The number of hydrogen-bond donors (Lipinski definition) is 5. The predicted molar refractivity (Wildman–Crippen MR) is 215 cm³/mol. The molecule has 6 aromatic carbocycles. The molecule has 1 heterocycles. The minimum Gasteiger partial charge on any atom is -0.504 e. The van der Waals surface area contributed by atoms with E-state index in [2.05, 4.69) is 42.5 Å². The monoisotopic (exact) mass is 698 g/mol. The molecule has 6 nitrogen and oxygen atoms in total. The van der Waals surface area contributed by atoms with E-state index in [1.807, 2.05) is 116 Å². The van der Waals surface area contributed by atoms with Crippen molar-refractivity contribution in [1.29, 1.82) is 0 Å². The van der Waals surface area contributed by atoms with Gasteiger partial charge in [0.15, 0.2) is 11.5 Å².